The molecule has 15 heavy (non-hydrogen) atoms. The Hall–Kier alpha value is -1.42. The van der Waals surface area contributed by atoms with Gasteiger partial charge in [-0.1, -0.05) is 6.92 Å². The Balaban J connectivity index is 2.25. The lowest BCUT2D eigenvalue weighted by molar-refractivity contribution is 0.604. The molecule has 78 valence electrons. The molecule has 0 saturated carbocycles. The number of aryl methyl sites for hydroxylation is 1. The second-order valence-electron chi connectivity index (χ2n) is 3.20. The number of hydrogen-bond acceptors (Lipinski definition) is 3. The van der Waals surface area contributed by atoms with Gasteiger partial charge in [0.2, 0.25) is 5.28 Å². The third-order valence-corrected chi connectivity index (χ3v) is 2.20. The van der Waals surface area contributed by atoms with Gasteiger partial charge in [0, 0.05) is 30.7 Å². The lowest BCUT2D eigenvalue weighted by Crippen LogP contribution is -1.97. The zero-order valence-electron chi connectivity index (χ0n) is 8.39. The monoisotopic (exact) mass is 222 g/mol. The fraction of sp³-hybridized carbons (Fsp3) is 0.300. The lowest BCUT2D eigenvalue weighted by atomic mass is 10.2. The summed E-state index contributed by atoms with van der Waals surface area (Å²) in [5.41, 5.74) is 1.76. The predicted molar refractivity (Wildman–Crippen MR) is 58.6 cm³/mol. The van der Waals surface area contributed by atoms with Crippen molar-refractivity contribution < 1.29 is 0 Å². The van der Waals surface area contributed by atoms with E-state index >= 15 is 0 Å². The van der Waals surface area contributed by atoms with E-state index in [2.05, 4.69) is 22.0 Å². The molecule has 0 aliphatic carbocycles. The van der Waals surface area contributed by atoms with E-state index in [0.717, 1.165) is 24.2 Å². The van der Waals surface area contributed by atoms with E-state index < -0.39 is 0 Å². The fourth-order valence-corrected chi connectivity index (χ4v) is 1.41. The van der Waals surface area contributed by atoms with Crippen molar-refractivity contribution >= 4 is 11.6 Å². The second-order valence-corrected chi connectivity index (χ2v) is 3.54. The summed E-state index contributed by atoms with van der Waals surface area (Å²) in [5.74, 6) is 0. The van der Waals surface area contributed by atoms with Crippen molar-refractivity contribution in [3.8, 4) is 11.3 Å². The Morgan fingerprint density at radius 1 is 1.33 bits per heavy atom. The van der Waals surface area contributed by atoms with Gasteiger partial charge >= 0.3 is 0 Å². The summed E-state index contributed by atoms with van der Waals surface area (Å²) in [6.45, 7) is 3.04. The van der Waals surface area contributed by atoms with Gasteiger partial charge in [0.05, 0.1) is 5.69 Å². The van der Waals surface area contributed by atoms with Crippen molar-refractivity contribution in [2.75, 3.05) is 0 Å². The van der Waals surface area contributed by atoms with Gasteiger partial charge in [-0.25, -0.2) is 9.97 Å². The fourth-order valence-electron chi connectivity index (χ4n) is 1.31. The molecule has 0 N–H and O–H groups in total. The first-order valence-electron chi connectivity index (χ1n) is 4.81. The first-order chi connectivity index (χ1) is 7.29. The van der Waals surface area contributed by atoms with E-state index in [-0.39, 0.29) is 5.28 Å². The van der Waals surface area contributed by atoms with Gasteiger partial charge in [-0.3, -0.25) is 4.68 Å². The van der Waals surface area contributed by atoms with Crippen LogP contribution in [0.5, 0.6) is 0 Å². The first-order valence-corrected chi connectivity index (χ1v) is 5.19. The maximum Gasteiger partial charge on any atom is 0.222 e. The molecule has 5 heteroatoms. The minimum Gasteiger partial charge on any atom is -0.272 e. The Morgan fingerprint density at radius 3 is 2.73 bits per heavy atom. The highest BCUT2D eigenvalue weighted by Gasteiger charge is 2.02. The molecule has 0 aromatic carbocycles. The Kier molecular flexibility index (Phi) is 2.97. The van der Waals surface area contributed by atoms with E-state index in [9.17, 15) is 0 Å². The molecule has 0 amide bonds. The van der Waals surface area contributed by atoms with Gasteiger partial charge in [0.15, 0.2) is 0 Å². The molecule has 0 bridgehead atoms. The summed E-state index contributed by atoms with van der Waals surface area (Å²) in [6.07, 6.45) is 6.37. The normalized spacial score (nSPS) is 10.5. The van der Waals surface area contributed by atoms with E-state index in [0.29, 0.717) is 0 Å². The Bertz CT molecular complexity index is 435. The second kappa shape index (κ2) is 4.40. The minimum absolute atomic E-state index is 0.256. The lowest BCUT2D eigenvalue weighted by Gasteiger charge is -1.97. The van der Waals surface area contributed by atoms with Crippen LogP contribution in [0.25, 0.3) is 11.3 Å². The van der Waals surface area contributed by atoms with Crippen LogP contribution in [0.15, 0.2) is 24.7 Å². The number of nitrogens with zero attached hydrogens (tertiary/aromatic N) is 4. The SMILES string of the molecule is CCCn1ccc(-c2cnc(Cl)nc2)n1. The van der Waals surface area contributed by atoms with Crippen molar-refractivity contribution in [1.29, 1.82) is 0 Å². The van der Waals surface area contributed by atoms with Gasteiger partial charge in [0.25, 0.3) is 0 Å². The summed E-state index contributed by atoms with van der Waals surface area (Å²) in [4.78, 5) is 7.83. The molecule has 0 aliphatic rings. The largest absolute Gasteiger partial charge is 0.272 e. The summed E-state index contributed by atoms with van der Waals surface area (Å²) in [5, 5.41) is 4.65. The molecule has 0 saturated heterocycles. The highest BCUT2D eigenvalue weighted by atomic mass is 35.5. The van der Waals surface area contributed by atoms with Crippen LogP contribution in [0.2, 0.25) is 5.28 Å². The molecule has 0 atom stereocenters. The molecule has 0 fully saturated rings. The predicted octanol–water partition coefficient (Wildman–Crippen LogP) is 2.40. The smallest absolute Gasteiger partial charge is 0.222 e. The Labute approximate surface area is 92.9 Å². The van der Waals surface area contributed by atoms with Gasteiger partial charge in [-0.05, 0) is 24.1 Å². The van der Waals surface area contributed by atoms with Crippen molar-refractivity contribution in [1.82, 2.24) is 19.7 Å². The highest BCUT2D eigenvalue weighted by molar-refractivity contribution is 6.28. The molecule has 0 aliphatic heterocycles. The van der Waals surface area contributed by atoms with Crippen LogP contribution in [-0.4, -0.2) is 19.7 Å². The van der Waals surface area contributed by atoms with Gasteiger partial charge in [0.1, 0.15) is 0 Å². The van der Waals surface area contributed by atoms with Crippen molar-refractivity contribution in [3.63, 3.8) is 0 Å². The average Bonchev–Trinajstić information content (AvgIpc) is 2.68. The van der Waals surface area contributed by atoms with Gasteiger partial charge in [-0.2, -0.15) is 5.10 Å². The molecular weight excluding hydrogens is 212 g/mol. The molecule has 0 radical (unpaired) electrons. The third-order valence-electron chi connectivity index (χ3n) is 2.01. The van der Waals surface area contributed by atoms with E-state index in [4.69, 9.17) is 11.6 Å². The molecule has 2 heterocycles. The maximum atomic E-state index is 5.61. The molecule has 2 aromatic rings. The van der Waals surface area contributed by atoms with Crippen LogP contribution in [0.1, 0.15) is 13.3 Å². The molecule has 2 rings (SSSR count). The van der Waals surface area contributed by atoms with Crippen molar-refractivity contribution in [3.05, 3.63) is 29.9 Å². The molecule has 0 spiro atoms. The molecule has 2 aromatic heterocycles. The third kappa shape index (κ3) is 2.33. The topological polar surface area (TPSA) is 43.6 Å². The van der Waals surface area contributed by atoms with E-state index in [1.807, 2.05) is 16.9 Å². The van der Waals surface area contributed by atoms with Crippen molar-refractivity contribution in [2.24, 2.45) is 0 Å². The highest BCUT2D eigenvalue weighted by Crippen LogP contribution is 2.15. The van der Waals surface area contributed by atoms with Crippen LogP contribution >= 0.6 is 11.6 Å². The van der Waals surface area contributed by atoms with Crippen molar-refractivity contribution in [2.45, 2.75) is 19.9 Å². The summed E-state index contributed by atoms with van der Waals surface area (Å²) < 4.78 is 1.91. The zero-order valence-corrected chi connectivity index (χ0v) is 9.15. The van der Waals surface area contributed by atoms with E-state index in [1.54, 1.807) is 12.4 Å². The summed E-state index contributed by atoms with van der Waals surface area (Å²) in [7, 11) is 0. The van der Waals surface area contributed by atoms with Gasteiger partial charge in [-0.15, -0.1) is 0 Å². The molecule has 4 nitrogen and oxygen atoms in total. The van der Waals surface area contributed by atoms with Gasteiger partial charge < -0.3 is 0 Å². The van der Waals surface area contributed by atoms with Crippen LogP contribution in [0, 0.1) is 0 Å². The number of rotatable bonds is 3. The first kappa shape index (κ1) is 10.1. The Morgan fingerprint density at radius 2 is 2.07 bits per heavy atom. The van der Waals surface area contributed by atoms with Crippen LogP contribution in [0.4, 0.5) is 0 Å². The van der Waals surface area contributed by atoms with Crippen LogP contribution < -0.4 is 0 Å². The quantitative estimate of drug-likeness (QED) is 0.749. The number of halogens is 1. The molecule has 0 unspecified atom stereocenters. The standard InChI is InChI=1S/C10H11ClN4/c1-2-4-15-5-3-9(14-15)8-6-12-10(11)13-7-8/h3,5-7H,2,4H2,1H3. The zero-order chi connectivity index (χ0) is 10.7. The average molecular weight is 223 g/mol. The van der Waals surface area contributed by atoms with Crippen LogP contribution in [-0.2, 0) is 6.54 Å². The molecular formula is C10H11ClN4. The number of hydrogen-bond donors (Lipinski definition) is 0. The summed E-state index contributed by atoms with van der Waals surface area (Å²) in [6, 6.07) is 1.95. The summed E-state index contributed by atoms with van der Waals surface area (Å²) >= 11 is 5.61. The minimum atomic E-state index is 0.256. The maximum absolute atomic E-state index is 5.61. The number of aromatic nitrogens is 4. The van der Waals surface area contributed by atoms with Crippen LogP contribution in [0.3, 0.4) is 0 Å². The van der Waals surface area contributed by atoms with E-state index in [1.165, 1.54) is 0 Å².